The van der Waals surface area contributed by atoms with E-state index >= 15 is 0 Å². The molecule has 1 atom stereocenters. The van der Waals surface area contributed by atoms with Crippen LogP contribution in [0.1, 0.15) is 30.1 Å². The number of rotatable bonds is 8. The molecule has 0 saturated carbocycles. The molecule has 5 nitrogen and oxygen atoms in total. The van der Waals surface area contributed by atoms with Gasteiger partial charge in [0.2, 0.25) is 0 Å². The molecule has 1 aromatic carbocycles. The minimum Gasteiger partial charge on any atom is -0.496 e. The lowest BCUT2D eigenvalue weighted by atomic mass is 10.1. The molecule has 1 rings (SSSR count). The zero-order chi connectivity index (χ0) is 15.8. The Morgan fingerprint density at radius 1 is 1.14 bits per heavy atom. The van der Waals surface area contributed by atoms with Gasteiger partial charge in [-0.05, 0) is 12.8 Å². The van der Waals surface area contributed by atoms with Crippen molar-refractivity contribution in [3.05, 3.63) is 17.7 Å². The average Bonchev–Trinajstić information content (AvgIpc) is 2.52. The maximum atomic E-state index is 12.3. The van der Waals surface area contributed by atoms with Gasteiger partial charge >= 0.3 is 0 Å². The zero-order valence-electron chi connectivity index (χ0n) is 12.9. The molecule has 0 radical (unpaired) electrons. The summed E-state index contributed by atoms with van der Waals surface area (Å²) < 4.78 is 15.7. The van der Waals surface area contributed by atoms with Gasteiger partial charge in [-0.2, -0.15) is 0 Å². The summed E-state index contributed by atoms with van der Waals surface area (Å²) in [6.45, 7) is 2.69. The summed E-state index contributed by atoms with van der Waals surface area (Å²) in [6, 6.07) is 3.27. The molecule has 0 spiro atoms. The Bertz CT molecular complexity index is 479. The standard InChI is InChI=1S/C15H22BrNO4/c1-5-10(16)6-7-17-15(18)11-8-13(20-3)14(21-4)9-12(11)19-2/h8-10H,5-7H2,1-4H3,(H,17,18). The van der Waals surface area contributed by atoms with Crippen LogP contribution in [0.2, 0.25) is 0 Å². The highest BCUT2D eigenvalue weighted by Gasteiger charge is 2.17. The fraction of sp³-hybridized carbons (Fsp3) is 0.533. The van der Waals surface area contributed by atoms with Crippen molar-refractivity contribution in [1.29, 1.82) is 0 Å². The fourth-order valence-corrected chi connectivity index (χ4v) is 2.08. The number of halogens is 1. The lowest BCUT2D eigenvalue weighted by molar-refractivity contribution is 0.0949. The number of benzene rings is 1. The van der Waals surface area contributed by atoms with Crippen LogP contribution in [0.15, 0.2) is 12.1 Å². The molecule has 21 heavy (non-hydrogen) atoms. The largest absolute Gasteiger partial charge is 0.496 e. The second-order valence-corrected chi connectivity index (χ2v) is 5.75. The van der Waals surface area contributed by atoms with Gasteiger partial charge in [0.05, 0.1) is 26.9 Å². The van der Waals surface area contributed by atoms with Gasteiger partial charge in [0, 0.05) is 23.5 Å². The van der Waals surface area contributed by atoms with Crippen molar-refractivity contribution in [1.82, 2.24) is 5.32 Å². The lowest BCUT2D eigenvalue weighted by Crippen LogP contribution is -2.26. The Morgan fingerprint density at radius 3 is 2.24 bits per heavy atom. The highest BCUT2D eigenvalue weighted by Crippen LogP contribution is 2.34. The van der Waals surface area contributed by atoms with Crippen LogP contribution in [0.25, 0.3) is 0 Å². The predicted molar refractivity (Wildman–Crippen MR) is 86.1 cm³/mol. The molecule has 1 unspecified atom stereocenters. The van der Waals surface area contributed by atoms with Crippen LogP contribution >= 0.6 is 15.9 Å². The molecule has 0 bridgehead atoms. The van der Waals surface area contributed by atoms with Gasteiger partial charge in [-0.3, -0.25) is 4.79 Å². The van der Waals surface area contributed by atoms with Gasteiger partial charge in [0.25, 0.3) is 5.91 Å². The number of hydrogen-bond donors (Lipinski definition) is 1. The molecule has 1 amide bonds. The van der Waals surface area contributed by atoms with E-state index in [0.29, 0.717) is 34.2 Å². The molecule has 1 N–H and O–H groups in total. The lowest BCUT2D eigenvalue weighted by Gasteiger charge is -2.14. The third-order valence-corrected chi connectivity index (χ3v) is 4.24. The monoisotopic (exact) mass is 359 g/mol. The van der Waals surface area contributed by atoms with Crippen LogP contribution in [0.4, 0.5) is 0 Å². The fourth-order valence-electron chi connectivity index (χ4n) is 1.85. The smallest absolute Gasteiger partial charge is 0.255 e. The highest BCUT2D eigenvalue weighted by molar-refractivity contribution is 9.09. The van der Waals surface area contributed by atoms with E-state index in [-0.39, 0.29) is 5.91 Å². The number of carbonyl (C=O) groups excluding carboxylic acids is 1. The van der Waals surface area contributed by atoms with Crippen LogP contribution < -0.4 is 19.5 Å². The van der Waals surface area contributed by atoms with E-state index in [1.807, 2.05) is 0 Å². The maximum absolute atomic E-state index is 12.3. The summed E-state index contributed by atoms with van der Waals surface area (Å²) in [5.41, 5.74) is 0.428. The summed E-state index contributed by atoms with van der Waals surface area (Å²) in [5.74, 6) is 1.28. The topological polar surface area (TPSA) is 56.8 Å². The number of hydrogen-bond acceptors (Lipinski definition) is 4. The molecule has 0 heterocycles. The average molecular weight is 360 g/mol. The van der Waals surface area contributed by atoms with Crippen LogP contribution in [0.3, 0.4) is 0 Å². The van der Waals surface area contributed by atoms with E-state index < -0.39 is 0 Å². The van der Waals surface area contributed by atoms with E-state index in [1.54, 1.807) is 12.1 Å². The number of ether oxygens (including phenoxy) is 3. The summed E-state index contributed by atoms with van der Waals surface area (Å²) in [6.07, 6.45) is 1.90. The van der Waals surface area contributed by atoms with Crippen molar-refractivity contribution in [2.75, 3.05) is 27.9 Å². The highest BCUT2D eigenvalue weighted by atomic mass is 79.9. The SMILES string of the molecule is CCC(Br)CCNC(=O)c1cc(OC)c(OC)cc1OC. The predicted octanol–water partition coefficient (Wildman–Crippen LogP) is 3.01. The van der Waals surface area contributed by atoms with E-state index in [0.717, 1.165) is 12.8 Å². The first-order valence-electron chi connectivity index (χ1n) is 6.79. The zero-order valence-corrected chi connectivity index (χ0v) is 14.5. The molecular weight excluding hydrogens is 338 g/mol. The third-order valence-electron chi connectivity index (χ3n) is 3.14. The number of carbonyl (C=O) groups is 1. The number of amides is 1. The molecule has 0 aliphatic carbocycles. The van der Waals surface area contributed by atoms with E-state index in [2.05, 4.69) is 28.2 Å². The number of alkyl halides is 1. The Labute approximate surface area is 134 Å². The molecule has 0 aliphatic heterocycles. The minimum atomic E-state index is -0.191. The van der Waals surface area contributed by atoms with Gasteiger partial charge in [0.15, 0.2) is 11.5 Å². The first-order valence-corrected chi connectivity index (χ1v) is 7.71. The van der Waals surface area contributed by atoms with E-state index in [9.17, 15) is 4.79 Å². The molecular formula is C15H22BrNO4. The molecule has 118 valence electrons. The van der Waals surface area contributed by atoms with Gasteiger partial charge in [-0.15, -0.1) is 0 Å². The molecule has 6 heteroatoms. The van der Waals surface area contributed by atoms with Gasteiger partial charge < -0.3 is 19.5 Å². The van der Waals surface area contributed by atoms with Crippen molar-refractivity contribution in [2.45, 2.75) is 24.6 Å². The Hall–Kier alpha value is -1.43. The van der Waals surface area contributed by atoms with Crippen molar-refractivity contribution in [3.8, 4) is 17.2 Å². The van der Waals surface area contributed by atoms with Crippen molar-refractivity contribution < 1.29 is 19.0 Å². The summed E-state index contributed by atoms with van der Waals surface area (Å²) >= 11 is 3.54. The maximum Gasteiger partial charge on any atom is 0.255 e. The molecule has 0 saturated heterocycles. The number of nitrogens with one attached hydrogen (secondary N) is 1. The summed E-state index contributed by atoms with van der Waals surface area (Å²) in [7, 11) is 4.59. The number of methoxy groups -OCH3 is 3. The van der Waals surface area contributed by atoms with E-state index in [1.165, 1.54) is 21.3 Å². The van der Waals surface area contributed by atoms with Crippen LogP contribution in [0.5, 0.6) is 17.2 Å². The molecule has 0 fully saturated rings. The van der Waals surface area contributed by atoms with Crippen LogP contribution in [0, 0.1) is 0 Å². The quantitative estimate of drug-likeness (QED) is 0.724. The molecule has 0 aromatic heterocycles. The second-order valence-electron chi connectivity index (χ2n) is 4.46. The Kier molecular flexibility index (Phi) is 7.36. The first kappa shape index (κ1) is 17.6. The summed E-state index contributed by atoms with van der Waals surface area (Å²) in [4.78, 5) is 12.7. The van der Waals surface area contributed by atoms with Crippen LogP contribution in [-0.2, 0) is 0 Å². The first-order chi connectivity index (χ1) is 10.1. The van der Waals surface area contributed by atoms with E-state index in [4.69, 9.17) is 14.2 Å². The minimum absolute atomic E-state index is 0.191. The van der Waals surface area contributed by atoms with Crippen LogP contribution in [-0.4, -0.2) is 38.6 Å². The van der Waals surface area contributed by atoms with Crippen molar-refractivity contribution >= 4 is 21.8 Å². The molecule has 1 aromatic rings. The Balaban J connectivity index is 2.87. The second kappa shape index (κ2) is 8.77. The molecule has 0 aliphatic rings. The van der Waals surface area contributed by atoms with Crippen molar-refractivity contribution in [2.24, 2.45) is 0 Å². The third kappa shape index (κ3) is 4.81. The van der Waals surface area contributed by atoms with Crippen molar-refractivity contribution in [3.63, 3.8) is 0 Å². The normalized spacial score (nSPS) is 11.7. The van der Waals surface area contributed by atoms with Gasteiger partial charge in [-0.1, -0.05) is 22.9 Å². The van der Waals surface area contributed by atoms with Gasteiger partial charge in [-0.25, -0.2) is 0 Å². The Morgan fingerprint density at radius 2 is 1.71 bits per heavy atom. The van der Waals surface area contributed by atoms with Gasteiger partial charge in [0.1, 0.15) is 5.75 Å². The summed E-state index contributed by atoms with van der Waals surface area (Å²) in [5, 5.41) is 2.88.